The van der Waals surface area contributed by atoms with Gasteiger partial charge in [-0.2, -0.15) is 4.98 Å². The van der Waals surface area contributed by atoms with Gasteiger partial charge in [0.1, 0.15) is 5.82 Å². The van der Waals surface area contributed by atoms with Crippen molar-refractivity contribution in [3.8, 4) is 5.88 Å². The lowest BCUT2D eigenvalue weighted by Gasteiger charge is -2.43. The van der Waals surface area contributed by atoms with Crippen molar-refractivity contribution >= 4 is 11.5 Å². The zero-order chi connectivity index (χ0) is 15.0. The number of anilines is 2. The Hall–Kier alpha value is -1.49. The first-order chi connectivity index (χ1) is 10.0. The van der Waals surface area contributed by atoms with Gasteiger partial charge in [0.05, 0.1) is 12.3 Å². The molecule has 1 saturated carbocycles. The van der Waals surface area contributed by atoms with Crippen molar-refractivity contribution in [1.29, 1.82) is 0 Å². The van der Waals surface area contributed by atoms with Crippen LogP contribution in [-0.2, 0) is 0 Å². The first kappa shape index (κ1) is 14.4. The van der Waals surface area contributed by atoms with Crippen molar-refractivity contribution in [3.63, 3.8) is 0 Å². The van der Waals surface area contributed by atoms with Gasteiger partial charge in [-0.05, 0) is 51.8 Å². The number of hydrogen-bond acceptors (Lipinski definition) is 5. The lowest BCUT2D eigenvalue weighted by molar-refractivity contribution is 0.169. The molecular formula is C16H26N4O. The Morgan fingerprint density at radius 2 is 1.90 bits per heavy atom. The van der Waals surface area contributed by atoms with Crippen LogP contribution in [0.15, 0.2) is 12.1 Å². The van der Waals surface area contributed by atoms with Crippen molar-refractivity contribution in [1.82, 2.24) is 9.88 Å². The fourth-order valence-corrected chi connectivity index (χ4v) is 2.81. The smallest absolute Gasteiger partial charge is 0.239 e. The molecule has 2 heterocycles. The van der Waals surface area contributed by atoms with E-state index in [2.05, 4.69) is 35.7 Å². The molecule has 0 aromatic carbocycles. The highest BCUT2D eigenvalue weighted by molar-refractivity contribution is 5.55. The van der Waals surface area contributed by atoms with Gasteiger partial charge in [-0.1, -0.05) is 0 Å². The summed E-state index contributed by atoms with van der Waals surface area (Å²) in [6.07, 6.45) is 2.54. The van der Waals surface area contributed by atoms with Crippen LogP contribution >= 0.6 is 0 Å². The van der Waals surface area contributed by atoms with Gasteiger partial charge in [0, 0.05) is 25.2 Å². The molecular weight excluding hydrogens is 264 g/mol. The molecule has 0 spiro atoms. The van der Waals surface area contributed by atoms with E-state index >= 15 is 0 Å². The third-order valence-electron chi connectivity index (χ3n) is 4.71. The van der Waals surface area contributed by atoms with Crippen molar-refractivity contribution in [3.05, 3.63) is 12.1 Å². The van der Waals surface area contributed by atoms with Gasteiger partial charge in [0.2, 0.25) is 5.88 Å². The fourth-order valence-electron chi connectivity index (χ4n) is 2.81. The second kappa shape index (κ2) is 5.72. The van der Waals surface area contributed by atoms with Crippen LogP contribution in [-0.4, -0.2) is 48.7 Å². The van der Waals surface area contributed by atoms with Crippen molar-refractivity contribution < 1.29 is 4.74 Å². The molecule has 2 unspecified atom stereocenters. The maximum atomic E-state index is 5.99. The Bertz CT molecular complexity index is 491. The van der Waals surface area contributed by atoms with Gasteiger partial charge in [0.15, 0.2) is 0 Å². The minimum absolute atomic E-state index is 0.518. The largest absolute Gasteiger partial charge is 0.476 e. The minimum atomic E-state index is 0.518. The molecule has 1 aliphatic carbocycles. The van der Waals surface area contributed by atoms with E-state index < -0.39 is 0 Å². The van der Waals surface area contributed by atoms with Gasteiger partial charge < -0.3 is 15.4 Å². The molecule has 3 rings (SSSR count). The highest BCUT2D eigenvalue weighted by atomic mass is 16.5. The van der Waals surface area contributed by atoms with E-state index in [1.807, 2.05) is 12.1 Å². The predicted octanol–water partition coefficient (Wildman–Crippen LogP) is 1.98. The van der Waals surface area contributed by atoms with E-state index in [0.29, 0.717) is 29.6 Å². The van der Waals surface area contributed by atoms with Crippen LogP contribution in [0.1, 0.15) is 26.7 Å². The van der Waals surface area contributed by atoms with Gasteiger partial charge in [-0.3, -0.25) is 4.90 Å². The van der Waals surface area contributed by atoms with Gasteiger partial charge in [-0.15, -0.1) is 0 Å². The maximum absolute atomic E-state index is 5.99. The summed E-state index contributed by atoms with van der Waals surface area (Å²) in [7, 11) is 2.19. The molecule has 0 amide bonds. The van der Waals surface area contributed by atoms with Crippen LogP contribution in [0.25, 0.3) is 0 Å². The maximum Gasteiger partial charge on any atom is 0.239 e. The molecule has 116 valence electrons. The topological polar surface area (TPSA) is 54.6 Å². The number of ether oxygens (including phenoxy) is 1. The van der Waals surface area contributed by atoms with Crippen molar-refractivity contribution in [2.75, 3.05) is 37.4 Å². The molecule has 2 fully saturated rings. The number of nitrogens with zero attached hydrogens (tertiary/aromatic N) is 3. The molecule has 2 aliphatic rings. The molecule has 1 aliphatic heterocycles. The lowest BCUT2D eigenvalue weighted by Crippen LogP contribution is -2.55. The highest BCUT2D eigenvalue weighted by Crippen LogP contribution is 2.31. The Labute approximate surface area is 127 Å². The zero-order valence-corrected chi connectivity index (χ0v) is 13.2. The Kier molecular flexibility index (Phi) is 3.93. The van der Waals surface area contributed by atoms with E-state index in [9.17, 15) is 0 Å². The molecule has 0 radical (unpaired) electrons. The van der Waals surface area contributed by atoms with Crippen LogP contribution in [0.4, 0.5) is 11.5 Å². The normalized spacial score (nSPS) is 26.9. The van der Waals surface area contributed by atoms with Gasteiger partial charge in [-0.25, -0.2) is 0 Å². The van der Waals surface area contributed by atoms with Gasteiger partial charge in [0.25, 0.3) is 0 Å². The molecule has 5 heteroatoms. The average molecular weight is 290 g/mol. The van der Waals surface area contributed by atoms with E-state index in [-0.39, 0.29) is 0 Å². The molecule has 2 atom stereocenters. The summed E-state index contributed by atoms with van der Waals surface area (Å²) < 4.78 is 5.79. The number of hydrogen-bond donors (Lipinski definition) is 1. The van der Waals surface area contributed by atoms with E-state index in [1.54, 1.807) is 0 Å². The summed E-state index contributed by atoms with van der Waals surface area (Å²) in [6.45, 7) is 7.23. The summed E-state index contributed by atoms with van der Waals surface area (Å²) in [5, 5.41) is 0. The first-order valence-electron chi connectivity index (χ1n) is 7.90. The first-order valence-corrected chi connectivity index (χ1v) is 7.90. The third-order valence-corrected chi connectivity index (χ3v) is 4.71. The SMILES string of the molecule is CC1CN(c2ccc(N)c(OCC3CC3)n2)CC(C)N1C. The van der Waals surface area contributed by atoms with E-state index in [0.717, 1.165) is 25.5 Å². The molecule has 1 aromatic heterocycles. The number of nitrogen functional groups attached to an aromatic ring is 1. The number of likely N-dealkylation sites (N-methyl/N-ethyl adjacent to an activating group) is 1. The fraction of sp³-hybridized carbons (Fsp3) is 0.688. The second-order valence-electron chi connectivity index (χ2n) is 6.59. The van der Waals surface area contributed by atoms with Crippen LogP contribution in [0, 0.1) is 5.92 Å². The van der Waals surface area contributed by atoms with Crippen LogP contribution < -0.4 is 15.4 Å². The molecule has 2 N–H and O–H groups in total. The zero-order valence-electron chi connectivity index (χ0n) is 13.2. The number of rotatable bonds is 4. The highest BCUT2D eigenvalue weighted by Gasteiger charge is 2.28. The Balaban J connectivity index is 1.73. The average Bonchev–Trinajstić information content (AvgIpc) is 3.27. The summed E-state index contributed by atoms with van der Waals surface area (Å²) in [4.78, 5) is 9.40. The molecule has 1 aromatic rings. The van der Waals surface area contributed by atoms with Crippen LogP contribution in [0.5, 0.6) is 5.88 Å². The summed E-state index contributed by atoms with van der Waals surface area (Å²) >= 11 is 0. The molecule has 5 nitrogen and oxygen atoms in total. The van der Waals surface area contributed by atoms with Gasteiger partial charge >= 0.3 is 0 Å². The van der Waals surface area contributed by atoms with Crippen LogP contribution in [0.2, 0.25) is 0 Å². The molecule has 21 heavy (non-hydrogen) atoms. The predicted molar refractivity (Wildman–Crippen MR) is 85.8 cm³/mol. The Morgan fingerprint density at radius 1 is 1.24 bits per heavy atom. The number of nitrogens with two attached hydrogens (primary N) is 1. The number of piperazine rings is 1. The van der Waals surface area contributed by atoms with E-state index in [4.69, 9.17) is 10.5 Å². The lowest BCUT2D eigenvalue weighted by atomic mass is 10.1. The van der Waals surface area contributed by atoms with Crippen molar-refractivity contribution in [2.24, 2.45) is 5.92 Å². The quantitative estimate of drug-likeness (QED) is 0.919. The molecule has 1 saturated heterocycles. The summed E-state index contributed by atoms with van der Waals surface area (Å²) in [5.41, 5.74) is 6.62. The monoisotopic (exact) mass is 290 g/mol. The van der Waals surface area contributed by atoms with Crippen LogP contribution in [0.3, 0.4) is 0 Å². The third kappa shape index (κ3) is 3.23. The minimum Gasteiger partial charge on any atom is -0.476 e. The van der Waals surface area contributed by atoms with Crippen molar-refractivity contribution in [2.45, 2.75) is 38.8 Å². The second-order valence-corrected chi connectivity index (χ2v) is 6.59. The summed E-state index contributed by atoms with van der Waals surface area (Å²) in [6, 6.07) is 4.95. The number of pyridine rings is 1. The Morgan fingerprint density at radius 3 is 2.52 bits per heavy atom. The number of aromatic nitrogens is 1. The summed E-state index contributed by atoms with van der Waals surface area (Å²) in [5.74, 6) is 2.28. The molecule has 0 bridgehead atoms. The van der Waals surface area contributed by atoms with E-state index in [1.165, 1.54) is 12.8 Å². The standard InChI is InChI=1S/C16H26N4O/c1-11-8-20(9-12(2)19(11)3)15-7-6-14(17)16(18-15)21-10-13-4-5-13/h6-7,11-13H,4-5,8-10,17H2,1-3H3.